The molecule has 0 spiro atoms. The number of carbonyl (C=O) groups is 2. The van der Waals surface area contributed by atoms with Gasteiger partial charge in [-0.2, -0.15) is 0 Å². The molecule has 178 valence electrons. The maximum Gasteiger partial charge on any atom is 0.306 e. The van der Waals surface area contributed by atoms with Crippen LogP contribution in [0.5, 0.6) is 0 Å². The molecule has 0 bridgehead atoms. The molecular weight excluding hydrogens is 376 g/mol. The summed E-state index contributed by atoms with van der Waals surface area (Å²) >= 11 is 0. The Labute approximate surface area is 186 Å². The topological polar surface area (TPSA) is 52.6 Å². The molecule has 0 amide bonds. The van der Waals surface area contributed by atoms with E-state index in [-0.39, 0.29) is 47.8 Å². The quantitative estimate of drug-likeness (QED) is 0.224. The lowest BCUT2D eigenvalue weighted by Crippen LogP contribution is -2.29. The zero-order valence-corrected chi connectivity index (χ0v) is 21.3. The van der Waals surface area contributed by atoms with E-state index in [9.17, 15) is 9.59 Å². The van der Waals surface area contributed by atoms with Crippen LogP contribution in [-0.2, 0) is 19.1 Å². The molecule has 4 heteroatoms. The van der Waals surface area contributed by atoms with Crippen LogP contribution >= 0.6 is 0 Å². The zero-order chi connectivity index (χ0) is 23.2. The fourth-order valence-corrected chi connectivity index (χ4v) is 4.56. The Morgan fingerprint density at radius 1 is 0.567 bits per heavy atom. The minimum absolute atomic E-state index is 0.0731. The third-order valence-corrected chi connectivity index (χ3v) is 7.86. The average Bonchev–Trinajstić information content (AvgIpc) is 2.78. The van der Waals surface area contributed by atoms with Crippen molar-refractivity contribution in [2.24, 2.45) is 10.8 Å². The van der Waals surface area contributed by atoms with Crippen molar-refractivity contribution in [3.8, 4) is 0 Å². The highest BCUT2D eigenvalue weighted by Gasteiger charge is 2.30. The molecule has 0 saturated heterocycles. The van der Waals surface area contributed by atoms with E-state index in [1.165, 1.54) is 0 Å². The number of esters is 2. The van der Waals surface area contributed by atoms with E-state index in [4.69, 9.17) is 9.47 Å². The van der Waals surface area contributed by atoms with Crippen molar-refractivity contribution >= 4 is 11.9 Å². The van der Waals surface area contributed by atoms with Crippen LogP contribution in [0.25, 0.3) is 0 Å². The van der Waals surface area contributed by atoms with Crippen molar-refractivity contribution in [1.82, 2.24) is 0 Å². The van der Waals surface area contributed by atoms with Crippen molar-refractivity contribution in [1.29, 1.82) is 0 Å². The summed E-state index contributed by atoms with van der Waals surface area (Å²) in [6.45, 7) is 17.4. The van der Waals surface area contributed by atoms with Crippen LogP contribution in [0, 0.1) is 10.8 Å². The van der Waals surface area contributed by atoms with Gasteiger partial charge in [0.15, 0.2) is 0 Å². The summed E-state index contributed by atoms with van der Waals surface area (Å²) in [5.41, 5.74) is 0.469. The highest BCUT2D eigenvalue weighted by atomic mass is 16.5. The summed E-state index contributed by atoms with van der Waals surface area (Å²) in [4.78, 5) is 24.7. The maximum atomic E-state index is 12.4. The summed E-state index contributed by atoms with van der Waals surface area (Å²) in [5.74, 6) is -0.567. The van der Waals surface area contributed by atoms with Crippen molar-refractivity contribution in [2.45, 2.75) is 145 Å². The number of ether oxygens (including phenoxy) is 2. The van der Waals surface area contributed by atoms with Crippen LogP contribution in [0.1, 0.15) is 132 Å². The van der Waals surface area contributed by atoms with Crippen LogP contribution < -0.4 is 0 Å². The predicted molar refractivity (Wildman–Crippen MR) is 125 cm³/mol. The van der Waals surface area contributed by atoms with E-state index >= 15 is 0 Å². The highest BCUT2D eigenvalue weighted by molar-refractivity contribution is 5.77. The lowest BCUT2D eigenvalue weighted by atomic mass is 9.75. The normalized spacial score (nSPS) is 14.3. The Morgan fingerprint density at radius 2 is 0.833 bits per heavy atom. The molecule has 0 aromatic rings. The Hall–Kier alpha value is -1.06. The molecule has 0 aromatic heterocycles. The van der Waals surface area contributed by atoms with Crippen molar-refractivity contribution in [3.63, 3.8) is 0 Å². The van der Waals surface area contributed by atoms with Gasteiger partial charge in [0.1, 0.15) is 12.2 Å². The van der Waals surface area contributed by atoms with Gasteiger partial charge in [-0.15, -0.1) is 0 Å². The van der Waals surface area contributed by atoms with Gasteiger partial charge >= 0.3 is 11.9 Å². The van der Waals surface area contributed by atoms with Gasteiger partial charge in [0.05, 0.1) is 12.8 Å². The van der Waals surface area contributed by atoms with Crippen LogP contribution in [0.2, 0.25) is 0 Å². The Morgan fingerprint density at radius 3 is 1.03 bits per heavy atom. The second kappa shape index (κ2) is 14.9. The van der Waals surface area contributed by atoms with E-state index in [1.54, 1.807) is 0 Å². The van der Waals surface area contributed by atoms with Gasteiger partial charge in [0.2, 0.25) is 0 Å². The zero-order valence-electron chi connectivity index (χ0n) is 21.3. The first-order chi connectivity index (χ1) is 14.2. The lowest BCUT2D eigenvalue weighted by Gasteiger charge is -2.34. The molecule has 0 aliphatic rings. The molecule has 0 aliphatic carbocycles. The first-order valence-corrected chi connectivity index (χ1v) is 12.6. The minimum atomic E-state index is -0.283. The third-order valence-electron chi connectivity index (χ3n) is 7.86. The number of hydrogen-bond donors (Lipinski definition) is 0. The number of rotatable bonds is 17. The van der Waals surface area contributed by atoms with Crippen LogP contribution in [0.3, 0.4) is 0 Å². The number of hydrogen-bond acceptors (Lipinski definition) is 4. The second-order valence-electron chi connectivity index (χ2n) is 9.07. The minimum Gasteiger partial charge on any atom is -0.462 e. The SMILES string of the molecule is CCC(CC(CC)(CC)CC)OC(=O)CCC(=O)OC(CC)CC(CC)(CC)CC. The van der Waals surface area contributed by atoms with E-state index < -0.39 is 0 Å². The largest absolute Gasteiger partial charge is 0.462 e. The van der Waals surface area contributed by atoms with Gasteiger partial charge in [0.25, 0.3) is 0 Å². The second-order valence-corrected chi connectivity index (χ2v) is 9.07. The predicted octanol–water partition coefficient (Wildman–Crippen LogP) is 7.62. The smallest absolute Gasteiger partial charge is 0.306 e. The van der Waals surface area contributed by atoms with E-state index in [1.807, 2.05) is 0 Å². The van der Waals surface area contributed by atoms with Gasteiger partial charge in [-0.3, -0.25) is 9.59 Å². The molecule has 0 aliphatic heterocycles. The molecule has 0 saturated carbocycles. The van der Waals surface area contributed by atoms with E-state index in [2.05, 4.69) is 55.4 Å². The summed E-state index contributed by atoms with van der Waals surface area (Å²) < 4.78 is 11.5. The first-order valence-electron chi connectivity index (χ1n) is 12.6. The Kier molecular flexibility index (Phi) is 14.3. The van der Waals surface area contributed by atoms with Gasteiger partial charge in [-0.05, 0) is 36.5 Å². The van der Waals surface area contributed by atoms with Crippen LogP contribution in [0.4, 0.5) is 0 Å². The fraction of sp³-hybridized carbons (Fsp3) is 0.923. The Bertz CT molecular complexity index is 417. The Balaban J connectivity index is 4.65. The molecule has 0 aromatic carbocycles. The van der Waals surface area contributed by atoms with Gasteiger partial charge in [0, 0.05) is 0 Å². The molecule has 2 unspecified atom stereocenters. The van der Waals surface area contributed by atoms with E-state index in [0.717, 1.165) is 64.2 Å². The molecule has 0 N–H and O–H groups in total. The summed E-state index contributed by atoms with van der Waals surface area (Å²) in [6, 6.07) is 0. The van der Waals surface area contributed by atoms with Crippen molar-refractivity contribution in [2.75, 3.05) is 0 Å². The molecule has 0 radical (unpaired) electrons. The molecule has 0 rings (SSSR count). The van der Waals surface area contributed by atoms with Gasteiger partial charge in [-0.1, -0.05) is 93.9 Å². The third kappa shape index (κ3) is 9.39. The molecule has 30 heavy (non-hydrogen) atoms. The fourth-order valence-electron chi connectivity index (χ4n) is 4.56. The van der Waals surface area contributed by atoms with Crippen LogP contribution in [0.15, 0.2) is 0 Å². The van der Waals surface area contributed by atoms with Gasteiger partial charge < -0.3 is 9.47 Å². The first kappa shape index (κ1) is 28.9. The maximum absolute atomic E-state index is 12.4. The van der Waals surface area contributed by atoms with E-state index in [0.29, 0.717) is 0 Å². The molecule has 0 fully saturated rings. The highest BCUT2D eigenvalue weighted by Crippen LogP contribution is 2.38. The van der Waals surface area contributed by atoms with Crippen molar-refractivity contribution in [3.05, 3.63) is 0 Å². The number of carbonyl (C=O) groups excluding carboxylic acids is 2. The summed E-state index contributed by atoms with van der Waals surface area (Å²) in [5, 5.41) is 0. The molecule has 0 heterocycles. The van der Waals surface area contributed by atoms with Crippen molar-refractivity contribution < 1.29 is 19.1 Å². The van der Waals surface area contributed by atoms with Gasteiger partial charge in [-0.25, -0.2) is 0 Å². The standard InChI is InChI=1S/C26H50O4/c1-9-21(19-25(11-3,12-4)13-5)29-23(27)17-18-24(28)30-22(10-2)20-26(14-6,15-7)16-8/h21-22H,9-20H2,1-8H3. The molecular formula is C26H50O4. The average molecular weight is 427 g/mol. The molecule has 4 nitrogen and oxygen atoms in total. The lowest BCUT2D eigenvalue weighted by molar-refractivity contribution is -0.158. The summed E-state index contributed by atoms with van der Waals surface area (Å²) in [6.07, 6.45) is 10.0. The molecule has 2 atom stereocenters. The van der Waals surface area contributed by atoms with Crippen LogP contribution in [-0.4, -0.2) is 24.1 Å². The monoisotopic (exact) mass is 426 g/mol. The summed E-state index contributed by atoms with van der Waals surface area (Å²) in [7, 11) is 0.